The molecule has 4 nitrogen and oxygen atoms in total. The highest BCUT2D eigenvalue weighted by Crippen LogP contribution is 2.12. The molecular formula is C11H8ClN3O. The van der Waals surface area contributed by atoms with Gasteiger partial charge < -0.3 is 4.42 Å². The van der Waals surface area contributed by atoms with Gasteiger partial charge in [0.1, 0.15) is 5.76 Å². The number of pyridine rings is 1. The molecule has 0 spiro atoms. The maximum absolute atomic E-state index is 5.87. The number of nitrogens with zero attached hydrogens (tertiary/aromatic N) is 3. The van der Waals surface area contributed by atoms with Gasteiger partial charge in [0.2, 0.25) is 0 Å². The number of rotatable bonds is 2. The molecule has 0 saturated carbocycles. The average molecular weight is 234 g/mol. The Balaban J connectivity index is 1.99. The van der Waals surface area contributed by atoms with Crippen molar-refractivity contribution in [2.24, 2.45) is 0 Å². The molecule has 0 N–H and O–H groups in total. The van der Waals surface area contributed by atoms with Crippen LogP contribution in [0.5, 0.6) is 0 Å². The van der Waals surface area contributed by atoms with Gasteiger partial charge in [-0.1, -0.05) is 11.6 Å². The lowest BCUT2D eigenvalue weighted by Crippen LogP contribution is -1.90. The smallest absolute Gasteiger partial charge is 0.159 e. The van der Waals surface area contributed by atoms with Gasteiger partial charge in [0.15, 0.2) is 11.5 Å². The van der Waals surface area contributed by atoms with E-state index in [-0.39, 0.29) is 0 Å². The van der Waals surface area contributed by atoms with Crippen molar-refractivity contribution in [3.05, 3.63) is 53.3 Å². The number of furan rings is 1. The number of halogens is 1. The summed E-state index contributed by atoms with van der Waals surface area (Å²) in [5.41, 5.74) is 0.744. The first kappa shape index (κ1) is 9.42. The van der Waals surface area contributed by atoms with E-state index >= 15 is 0 Å². The molecule has 0 radical (unpaired) electrons. The molecule has 0 saturated heterocycles. The molecule has 3 aromatic heterocycles. The Kier molecular flexibility index (Phi) is 2.15. The van der Waals surface area contributed by atoms with Gasteiger partial charge in [-0.15, -0.1) is 0 Å². The number of hydrogen-bond donors (Lipinski definition) is 0. The SMILES string of the molecule is Clc1ccn2nc(Cc3ccco3)nc2c1. The normalized spacial score (nSPS) is 11.1. The van der Waals surface area contributed by atoms with E-state index in [1.165, 1.54) is 0 Å². The maximum Gasteiger partial charge on any atom is 0.159 e. The van der Waals surface area contributed by atoms with Gasteiger partial charge >= 0.3 is 0 Å². The number of aromatic nitrogens is 3. The number of fused-ring (bicyclic) bond motifs is 1. The minimum Gasteiger partial charge on any atom is -0.469 e. The van der Waals surface area contributed by atoms with Gasteiger partial charge in [-0.3, -0.25) is 0 Å². The third kappa shape index (κ3) is 1.67. The molecule has 3 rings (SSSR count). The summed E-state index contributed by atoms with van der Waals surface area (Å²) in [7, 11) is 0. The zero-order valence-electron chi connectivity index (χ0n) is 8.30. The Labute approximate surface area is 96.5 Å². The van der Waals surface area contributed by atoms with Crippen LogP contribution >= 0.6 is 11.6 Å². The van der Waals surface area contributed by atoms with Crippen LogP contribution < -0.4 is 0 Å². The molecule has 0 aliphatic rings. The summed E-state index contributed by atoms with van der Waals surface area (Å²) in [5, 5.41) is 4.97. The molecule has 0 fully saturated rings. The standard InChI is InChI=1S/C11H8ClN3O/c12-8-3-4-15-11(6-8)13-10(14-15)7-9-2-1-5-16-9/h1-6H,7H2. The Morgan fingerprint density at radius 3 is 3.12 bits per heavy atom. The third-order valence-electron chi connectivity index (χ3n) is 2.26. The average Bonchev–Trinajstić information content (AvgIpc) is 2.86. The summed E-state index contributed by atoms with van der Waals surface area (Å²) in [6, 6.07) is 7.31. The molecule has 0 bridgehead atoms. The van der Waals surface area contributed by atoms with Crippen molar-refractivity contribution < 1.29 is 4.42 Å². The molecule has 0 aromatic carbocycles. The zero-order valence-corrected chi connectivity index (χ0v) is 9.05. The summed E-state index contributed by atoms with van der Waals surface area (Å²) < 4.78 is 6.94. The molecule has 0 aliphatic heterocycles. The highest BCUT2D eigenvalue weighted by molar-refractivity contribution is 6.30. The van der Waals surface area contributed by atoms with Crippen LogP contribution in [0, 0.1) is 0 Å². The van der Waals surface area contributed by atoms with E-state index in [2.05, 4.69) is 10.1 Å². The second-order valence-electron chi connectivity index (χ2n) is 3.43. The number of hydrogen-bond acceptors (Lipinski definition) is 3. The monoisotopic (exact) mass is 233 g/mol. The molecule has 0 atom stereocenters. The summed E-state index contributed by atoms with van der Waals surface area (Å²) >= 11 is 5.87. The maximum atomic E-state index is 5.87. The van der Waals surface area contributed by atoms with Crippen LogP contribution in [0.4, 0.5) is 0 Å². The Morgan fingerprint density at radius 2 is 2.31 bits per heavy atom. The van der Waals surface area contributed by atoms with Crippen LogP contribution in [0.1, 0.15) is 11.6 Å². The minimum atomic E-state index is 0.590. The first-order chi connectivity index (χ1) is 7.81. The summed E-state index contributed by atoms with van der Waals surface area (Å²) in [5.74, 6) is 1.57. The fourth-order valence-corrected chi connectivity index (χ4v) is 1.70. The van der Waals surface area contributed by atoms with E-state index in [1.54, 1.807) is 29.1 Å². The second kappa shape index (κ2) is 3.64. The van der Waals surface area contributed by atoms with E-state index in [0.29, 0.717) is 11.4 Å². The molecule has 3 heterocycles. The molecule has 16 heavy (non-hydrogen) atoms. The molecule has 80 valence electrons. The highest BCUT2D eigenvalue weighted by atomic mass is 35.5. The van der Waals surface area contributed by atoms with Gasteiger partial charge in [-0.2, -0.15) is 5.10 Å². The third-order valence-corrected chi connectivity index (χ3v) is 2.49. The first-order valence-corrected chi connectivity index (χ1v) is 5.22. The summed E-state index contributed by atoms with van der Waals surface area (Å²) in [4.78, 5) is 4.36. The van der Waals surface area contributed by atoms with Gasteiger partial charge in [-0.05, 0) is 18.2 Å². The van der Waals surface area contributed by atoms with Crippen molar-refractivity contribution in [1.29, 1.82) is 0 Å². The lowest BCUT2D eigenvalue weighted by atomic mass is 10.3. The predicted molar refractivity (Wildman–Crippen MR) is 59.5 cm³/mol. The molecule has 0 aliphatic carbocycles. The van der Waals surface area contributed by atoms with Crippen LogP contribution in [0.3, 0.4) is 0 Å². The van der Waals surface area contributed by atoms with Crippen LogP contribution in [-0.4, -0.2) is 14.6 Å². The first-order valence-electron chi connectivity index (χ1n) is 4.84. The molecular weight excluding hydrogens is 226 g/mol. The summed E-state index contributed by atoms with van der Waals surface area (Å²) in [6.07, 6.45) is 4.02. The molecule has 5 heteroatoms. The second-order valence-corrected chi connectivity index (χ2v) is 3.87. The lowest BCUT2D eigenvalue weighted by Gasteiger charge is -1.89. The van der Waals surface area contributed by atoms with Crippen molar-refractivity contribution in [2.75, 3.05) is 0 Å². The minimum absolute atomic E-state index is 0.590. The van der Waals surface area contributed by atoms with Crippen LogP contribution in [-0.2, 0) is 6.42 Å². The zero-order chi connectivity index (χ0) is 11.0. The largest absolute Gasteiger partial charge is 0.469 e. The Morgan fingerprint density at radius 1 is 1.38 bits per heavy atom. The molecule has 0 amide bonds. The highest BCUT2D eigenvalue weighted by Gasteiger charge is 2.06. The van der Waals surface area contributed by atoms with Gasteiger partial charge in [-0.25, -0.2) is 9.50 Å². The van der Waals surface area contributed by atoms with Crippen molar-refractivity contribution in [3.63, 3.8) is 0 Å². The van der Waals surface area contributed by atoms with Crippen LogP contribution in [0.15, 0.2) is 41.1 Å². The van der Waals surface area contributed by atoms with Gasteiger partial charge in [0.05, 0.1) is 12.7 Å². The van der Waals surface area contributed by atoms with Crippen molar-refractivity contribution >= 4 is 17.2 Å². The summed E-state index contributed by atoms with van der Waals surface area (Å²) in [6.45, 7) is 0. The predicted octanol–water partition coefficient (Wildman–Crippen LogP) is 2.57. The Hall–Kier alpha value is -1.81. The van der Waals surface area contributed by atoms with Crippen molar-refractivity contribution in [3.8, 4) is 0 Å². The van der Waals surface area contributed by atoms with Crippen LogP contribution in [0.25, 0.3) is 5.65 Å². The van der Waals surface area contributed by atoms with Crippen molar-refractivity contribution in [1.82, 2.24) is 14.6 Å². The fourth-order valence-electron chi connectivity index (χ4n) is 1.55. The van der Waals surface area contributed by atoms with E-state index in [4.69, 9.17) is 16.0 Å². The van der Waals surface area contributed by atoms with Gasteiger partial charge in [0.25, 0.3) is 0 Å². The topological polar surface area (TPSA) is 43.3 Å². The molecule has 0 unspecified atom stereocenters. The van der Waals surface area contributed by atoms with E-state index in [0.717, 1.165) is 17.2 Å². The molecule has 3 aromatic rings. The van der Waals surface area contributed by atoms with Crippen molar-refractivity contribution in [2.45, 2.75) is 6.42 Å². The van der Waals surface area contributed by atoms with Crippen LogP contribution in [0.2, 0.25) is 5.02 Å². The van der Waals surface area contributed by atoms with E-state index in [1.807, 2.05) is 12.1 Å². The quantitative estimate of drug-likeness (QED) is 0.683. The lowest BCUT2D eigenvalue weighted by molar-refractivity contribution is 0.517. The van der Waals surface area contributed by atoms with E-state index < -0.39 is 0 Å². The van der Waals surface area contributed by atoms with E-state index in [9.17, 15) is 0 Å². The fraction of sp³-hybridized carbons (Fsp3) is 0.0909. The Bertz CT molecular complexity index is 615. The van der Waals surface area contributed by atoms with Gasteiger partial charge in [0, 0.05) is 17.3 Å².